The highest BCUT2D eigenvalue weighted by molar-refractivity contribution is 6.18. The second kappa shape index (κ2) is 7.97. The SMILES string of the molecule is CCCCC(=O)N(CCCl)CC(F)F. The fourth-order valence-corrected chi connectivity index (χ4v) is 1.28. The Morgan fingerprint density at radius 3 is 2.57 bits per heavy atom. The molecule has 0 aliphatic rings. The van der Waals surface area contributed by atoms with Crippen molar-refractivity contribution in [2.24, 2.45) is 0 Å². The molecule has 0 atom stereocenters. The van der Waals surface area contributed by atoms with E-state index in [9.17, 15) is 13.6 Å². The molecule has 0 N–H and O–H groups in total. The molecule has 0 aliphatic carbocycles. The first-order valence-electron chi connectivity index (χ1n) is 4.73. The van der Waals surface area contributed by atoms with Gasteiger partial charge in [0.15, 0.2) is 0 Å². The third-order valence-electron chi connectivity index (χ3n) is 1.81. The van der Waals surface area contributed by atoms with E-state index in [0.29, 0.717) is 6.42 Å². The highest BCUT2D eigenvalue weighted by Crippen LogP contribution is 2.04. The molecule has 84 valence electrons. The number of halogens is 3. The highest BCUT2D eigenvalue weighted by atomic mass is 35.5. The fourth-order valence-electron chi connectivity index (χ4n) is 1.07. The standard InChI is InChI=1S/C9H16ClF2NO/c1-2-3-4-9(14)13(6-5-10)7-8(11)12/h8H,2-7H2,1H3. The lowest BCUT2D eigenvalue weighted by atomic mass is 10.2. The van der Waals surface area contributed by atoms with Crippen LogP contribution in [0.2, 0.25) is 0 Å². The van der Waals surface area contributed by atoms with E-state index in [0.717, 1.165) is 17.7 Å². The van der Waals surface area contributed by atoms with Gasteiger partial charge in [-0.05, 0) is 6.42 Å². The minimum Gasteiger partial charge on any atom is -0.336 e. The van der Waals surface area contributed by atoms with E-state index < -0.39 is 13.0 Å². The van der Waals surface area contributed by atoms with Crippen molar-refractivity contribution in [3.05, 3.63) is 0 Å². The fraction of sp³-hybridized carbons (Fsp3) is 0.889. The molecule has 14 heavy (non-hydrogen) atoms. The van der Waals surface area contributed by atoms with Gasteiger partial charge in [0, 0.05) is 18.8 Å². The average molecular weight is 228 g/mol. The predicted octanol–water partition coefficient (Wildman–Crippen LogP) is 2.51. The van der Waals surface area contributed by atoms with E-state index in [-0.39, 0.29) is 18.3 Å². The number of carbonyl (C=O) groups excluding carboxylic acids is 1. The molecule has 1 amide bonds. The molecule has 0 saturated carbocycles. The maximum absolute atomic E-state index is 12.1. The summed E-state index contributed by atoms with van der Waals surface area (Å²) in [5.74, 6) is -0.0299. The number of nitrogens with zero attached hydrogens (tertiary/aromatic N) is 1. The summed E-state index contributed by atoms with van der Waals surface area (Å²) >= 11 is 5.42. The zero-order chi connectivity index (χ0) is 11.0. The second-order valence-electron chi connectivity index (χ2n) is 3.02. The highest BCUT2D eigenvalue weighted by Gasteiger charge is 2.16. The second-order valence-corrected chi connectivity index (χ2v) is 3.40. The Hall–Kier alpha value is -0.380. The van der Waals surface area contributed by atoms with E-state index in [2.05, 4.69) is 0 Å². The molecule has 5 heteroatoms. The zero-order valence-corrected chi connectivity index (χ0v) is 9.07. The summed E-state index contributed by atoms with van der Waals surface area (Å²) in [4.78, 5) is 12.5. The minimum atomic E-state index is -2.48. The molecule has 0 spiro atoms. The summed E-state index contributed by atoms with van der Waals surface area (Å²) in [6, 6.07) is 0. The van der Waals surface area contributed by atoms with E-state index in [1.165, 1.54) is 0 Å². The predicted molar refractivity (Wildman–Crippen MR) is 52.8 cm³/mol. The van der Waals surface area contributed by atoms with Crippen LogP contribution in [0.3, 0.4) is 0 Å². The molecule has 2 nitrogen and oxygen atoms in total. The molecule has 0 bridgehead atoms. The van der Waals surface area contributed by atoms with Gasteiger partial charge in [-0.1, -0.05) is 13.3 Å². The van der Waals surface area contributed by atoms with Gasteiger partial charge >= 0.3 is 0 Å². The Balaban J connectivity index is 3.97. The molecule has 0 heterocycles. The van der Waals surface area contributed by atoms with Gasteiger partial charge in [-0.25, -0.2) is 8.78 Å². The van der Waals surface area contributed by atoms with Gasteiger partial charge < -0.3 is 4.90 Å². The molecule has 0 fully saturated rings. The molecule has 0 aromatic carbocycles. The molecule has 0 aromatic heterocycles. The van der Waals surface area contributed by atoms with Crippen molar-refractivity contribution in [3.63, 3.8) is 0 Å². The van der Waals surface area contributed by atoms with Crippen LogP contribution >= 0.6 is 11.6 Å². The van der Waals surface area contributed by atoms with Crippen LogP contribution in [0.25, 0.3) is 0 Å². The van der Waals surface area contributed by atoms with Gasteiger partial charge in [0.1, 0.15) is 0 Å². The number of hydrogen-bond acceptors (Lipinski definition) is 1. The Kier molecular flexibility index (Phi) is 7.76. The Morgan fingerprint density at radius 2 is 2.14 bits per heavy atom. The molecule has 0 rings (SSSR count). The van der Waals surface area contributed by atoms with Crippen molar-refractivity contribution in [1.29, 1.82) is 0 Å². The molecule has 0 unspecified atom stereocenters. The van der Waals surface area contributed by atoms with E-state index in [1.54, 1.807) is 0 Å². The zero-order valence-electron chi connectivity index (χ0n) is 8.31. The maximum Gasteiger partial charge on any atom is 0.255 e. The third-order valence-corrected chi connectivity index (χ3v) is 1.98. The first-order chi connectivity index (χ1) is 6.61. The van der Waals surface area contributed by atoms with Crippen LogP contribution in [0.1, 0.15) is 26.2 Å². The summed E-state index contributed by atoms with van der Waals surface area (Å²) in [6.45, 7) is 1.65. The lowest BCUT2D eigenvalue weighted by Crippen LogP contribution is -2.36. The molecule has 0 aromatic rings. The van der Waals surface area contributed by atoms with Crippen LogP contribution < -0.4 is 0 Å². The summed E-state index contributed by atoms with van der Waals surface area (Å²) in [5, 5.41) is 0. The molecule has 0 saturated heterocycles. The van der Waals surface area contributed by atoms with E-state index in [1.807, 2.05) is 6.92 Å². The smallest absolute Gasteiger partial charge is 0.255 e. The summed E-state index contributed by atoms with van der Waals surface area (Å²) < 4.78 is 24.1. The van der Waals surface area contributed by atoms with Gasteiger partial charge in [0.05, 0.1) is 6.54 Å². The molecule has 0 aliphatic heterocycles. The minimum absolute atomic E-state index is 0.199. The lowest BCUT2D eigenvalue weighted by Gasteiger charge is -2.20. The van der Waals surface area contributed by atoms with Crippen molar-refractivity contribution in [2.45, 2.75) is 32.6 Å². The van der Waals surface area contributed by atoms with Gasteiger partial charge in [-0.15, -0.1) is 11.6 Å². The monoisotopic (exact) mass is 227 g/mol. The van der Waals surface area contributed by atoms with Gasteiger partial charge in [0.2, 0.25) is 5.91 Å². The number of carbonyl (C=O) groups is 1. The van der Waals surface area contributed by atoms with Gasteiger partial charge in [0.25, 0.3) is 6.43 Å². The Morgan fingerprint density at radius 1 is 1.50 bits per heavy atom. The first-order valence-corrected chi connectivity index (χ1v) is 5.27. The number of rotatable bonds is 7. The van der Waals surface area contributed by atoms with E-state index in [4.69, 9.17) is 11.6 Å². The van der Waals surface area contributed by atoms with Crippen molar-refractivity contribution in [1.82, 2.24) is 4.90 Å². The largest absolute Gasteiger partial charge is 0.336 e. The summed E-state index contributed by atoms with van der Waals surface area (Å²) in [6.07, 6.45) is -0.528. The number of alkyl halides is 3. The number of unbranched alkanes of at least 4 members (excludes halogenated alkanes) is 1. The molecule has 0 radical (unpaired) electrons. The van der Waals surface area contributed by atoms with Gasteiger partial charge in [-0.3, -0.25) is 4.79 Å². The normalized spacial score (nSPS) is 10.6. The maximum atomic E-state index is 12.1. The van der Waals surface area contributed by atoms with Crippen LogP contribution in [0.5, 0.6) is 0 Å². The Bertz CT molecular complexity index is 167. The quantitative estimate of drug-likeness (QED) is 0.612. The summed E-state index contributed by atoms with van der Waals surface area (Å²) in [7, 11) is 0. The number of amides is 1. The lowest BCUT2D eigenvalue weighted by molar-refractivity contribution is -0.132. The van der Waals surface area contributed by atoms with Crippen LogP contribution in [0.4, 0.5) is 8.78 Å². The van der Waals surface area contributed by atoms with E-state index >= 15 is 0 Å². The average Bonchev–Trinajstić information content (AvgIpc) is 2.13. The summed E-state index contributed by atoms with van der Waals surface area (Å²) in [5.41, 5.74) is 0. The topological polar surface area (TPSA) is 20.3 Å². The number of hydrogen-bond donors (Lipinski definition) is 0. The molecular weight excluding hydrogens is 212 g/mol. The third kappa shape index (κ3) is 6.13. The van der Waals surface area contributed by atoms with Crippen molar-refractivity contribution in [3.8, 4) is 0 Å². The van der Waals surface area contributed by atoms with Crippen molar-refractivity contribution in [2.75, 3.05) is 19.0 Å². The van der Waals surface area contributed by atoms with Crippen molar-refractivity contribution >= 4 is 17.5 Å². The van der Waals surface area contributed by atoms with Crippen LogP contribution in [-0.4, -0.2) is 36.2 Å². The first kappa shape index (κ1) is 13.6. The molecular formula is C9H16ClF2NO. The van der Waals surface area contributed by atoms with Crippen molar-refractivity contribution < 1.29 is 13.6 Å². The van der Waals surface area contributed by atoms with Crippen LogP contribution in [0.15, 0.2) is 0 Å². The van der Waals surface area contributed by atoms with Gasteiger partial charge in [-0.2, -0.15) is 0 Å². The van der Waals surface area contributed by atoms with Crippen LogP contribution in [-0.2, 0) is 4.79 Å². The Labute approximate surface area is 88.2 Å². The van der Waals surface area contributed by atoms with Crippen LogP contribution in [0, 0.1) is 0 Å².